The molecule has 0 nitrogen and oxygen atoms in total. The molecule has 0 atom stereocenters. The Kier molecular flexibility index (Phi) is 7.56. The normalized spacial score (nSPS) is 16.0. The number of allylic oxidation sites excluding steroid dienone is 6. The molecule has 5 rings (SSSR count). The van der Waals surface area contributed by atoms with E-state index in [1.165, 1.54) is 44.9 Å². The zero-order chi connectivity index (χ0) is 15.9. The first-order chi connectivity index (χ1) is 11.9. The Morgan fingerprint density at radius 1 is 0.741 bits per heavy atom. The second-order valence-corrected chi connectivity index (χ2v) is 6.81. The van der Waals surface area contributed by atoms with Crippen molar-refractivity contribution < 1.29 is 50.7 Å². The molecule has 0 radical (unpaired) electrons. The van der Waals surface area contributed by atoms with Crippen molar-refractivity contribution in [1.82, 2.24) is 0 Å². The van der Waals surface area contributed by atoms with Crippen LogP contribution in [0.15, 0.2) is 83.5 Å². The minimum absolute atomic E-state index is 0. The van der Waals surface area contributed by atoms with Gasteiger partial charge in [0.15, 0.2) is 0 Å². The van der Waals surface area contributed by atoms with Crippen molar-refractivity contribution in [1.29, 1.82) is 0 Å². The van der Waals surface area contributed by atoms with Crippen LogP contribution in [-0.4, -0.2) is 0 Å². The fourth-order valence-corrected chi connectivity index (χ4v) is 3.97. The van der Waals surface area contributed by atoms with Gasteiger partial charge in [-0.05, 0) is 29.5 Å². The quantitative estimate of drug-likeness (QED) is 0.353. The van der Waals surface area contributed by atoms with Gasteiger partial charge >= 0.3 is 0 Å². The Balaban J connectivity index is 0.000000871. The molecule has 2 aromatic rings. The Morgan fingerprint density at radius 3 is 1.96 bits per heavy atom. The van der Waals surface area contributed by atoms with E-state index in [4.69, 9.17) is 0 Å². The van der Waals surface area contributed by atoms with Gasteiger partial charge in [0.05, 0.1) is 0 Å². The molecule has 0 heterocycles. The van der Waals surface area contributed by atoms with E-state index in [-0.39, 0.29) is 50.7 Å². The fraction of sp³-hybridized carbons (Fsp3) is 0.125. The largest absolute Gasteiger partial charge is 1.00 e. The van der Waals surface area contributed by atoms with Crippen LogP contribution >= 0.6 is 0 Å². The predicted molar refractivity (Wildman–Crippen MR) is 101 cm³/mol. The molecule has 3 aliphatic carbocycles. The standard InChI is InChI=1S/C24H19.2ClH.Hf/c1-2-6-20-14-23(13-19(20)5-1)17-9-11-18(12-10-17)24-15-21-7-3-4-8-22(21)16-24;;;/h1-11,13,15H,12,14,16H2;2*1H;/q-1;;;/p-2. The minimum Gasteiger partial charge on any atom is -1.00 e. The maximum absolute atomic E-state index is 2.40. The van der Waals surface area contributed by atoms with Crippen LogP contribution in [0.25, 0.3) is 12.2 Å². The van der Waals surface area contributed by atoms with E-state index in [1.807, 2.05) is 0 Å². The maximum Gasteiger partial charge on any atom is 0 e. The van der Waals surface area contributed by atoms with Crippen LogP contribution in [0.1, 0.15) is 28.7 Å². The number of fused-ring (bicyclic) bond motifs is 2. The first-order valence-corrected chi connectivity index (χ1v) is 8.68. The molecule has 2 aromatic carbocycles. The Labute approximate surface area is 192 Å². The number of benzene rings is 2. The molecule has 0 aromatic heterocycles. The van der Waals surface area contributed by atoms with Crippen LogP contribution in [0.2, 0.25) is 0 Å². The summed E-state index contributed by atoms with van der Waals surface area (Å²) in [5.41, 5.74) is 10.00. The van der Waals surface area contributed by atoms with E-state index in [9.17, 15) is 0 Å². The smallest absolute Gasteiger partial charge is 0 e. The second kappa shape index (κ2) is 9.28. The Hall–Kier alpha value is -1.28. The van der Waals surface area contributed by atoms with Gasteiger partial charge in [0.2, 0.25) is 0 Å². The Morgan fingerprint density at radius 2 is 1.37 bits per heavy atom. The van der Waals surface area contributed by atoms with E-state index in [1.54, 1.807) is 0 Å². The third-order valence-electron chi connectivity index (χ3n) is 5.32. The summed E-state index contributed by atoms with van der Waals surface area (Å²) in [4.78, 5) is 0. The fourth-order valence-electron chi connectivity index (χ4n) is 3.97. The molecule has 0 N–H and O–H groups in total. The van der Waals surface area contributed by atoms with Crippen molar-refractivity contribution in [3.8, 4) is 0 Å². The number of hydrogen-bond donors (Lipinski definition) is 0. The van der Waals surface area contributed by atoms with E-state index < -0.39 is 0 Å². The molecule has 27 heavy (non-hydrogen) atoms. The average Bonchev–Trinajstić information content (AvgIpc) is 3.25. The summed E-state index contributed by atoms with van der Waals surface area (Å²) < 4.78 is 0. The predicted octanol–water partition coefficient (Wildman–Crippen LogP) is -0.268. The van der Waals surface area contributed by atoms with Crippen LogP contribution in [-0.2, 0) is 38.7 Å². The van der Waals surface area contributed by atoms with Crippen molar-refractivity contribution in [2.24, 2.45) is 0 Å². The third kappa shape index (κ3) is 4.26. The van der Waals surface area contributed by atoms with Crippen LogP contribution in [0.3, 0.4) is 0 Å². The van der Waals surface area contributed by atoms with E-state index in [0.29, 0.717) is 0 Å². The molecule has 0 spiro atoms. The first-order valence-electron chi connectivity index (χ1n) is 8.68. The first kappa shape index (κ1) is 22.0. The van der Waals surface area contributed by atoms with Crippen LogP contribution in [0, 0.1) is 5.92 Å². The summed E-state index contributed by atoms with van der Waals surface area (Å²) in [5.74, 6) is 1.46. The van der Waals surface area contributed by atoms with Crippen LogP contribution in [0.4, 0.5) is 0 Å². The van der Waals surface area contributed by atoms with Gasteiger partial charge in [-0.15, -0.1) is 17.6 Å². The van der Waals surface area contributed by atoms with Gasteiger partial charge in [0.25, 0.3) is 0 Å². The van der Waals surface area contributed by atoms with E-state index >= 15 is 0 Å². The topological polar surface area (TPSA) is 0 Å². The summed E-state index contributed by atoms with van der Waals surface area (Å²) in [6, 6.07) is 17.4. The Bertz CT molecular complexity index is 950. The van der Waals surface area contributed by atoms with E-state index in [0.717, 1.165) is 19.3 Å². The molecule has 3 heteroatoms. The summed E-state index contributed by atoms with van der Waals surface area (Å²) in [6.45, 7) is 0. The molecule has 0 fully saturated rings. The van der Waals surface area contributed by atoms with Crippen LogP contribution in [0.5, 0.6) is 0 Å². The average molecular weight is 557 g/mol. The van der Waals surface area contributed by atoms with Gasteiger partial charge < -0.3 is 24.8 Å². The van der Waals surface area contributed by atoms with Gasteiger partial charge in [-0.3, -0.25) is 0 Å². The SMILES string of the molecule is C1=C[C-](C2=Cc3ccccc3C2)CC=C1C1=Cc2ccccc2C1.[Cl-].[Cl-].[Hf]. The summed E-state index contributed by atoms with van der Waals surface area (Å²) in [6.07, 6.45) is 14.9. The van der Waals surface area contributed by atoms with Gasteiger partial charge in [0, 0.05) is 25.8 Å². The van der Waals surface area contributed by atoms with E-state index in [2.05, 4.69) is 78.9 Å². The number of rotatable bonds is 2. The van der Waals surface area contributed by atoms with Crippen LogP contribution < -0.4 is 24.8 Å². The second-order valence-electron chi connectivity index (χ2n) is 6.81. The third-order valence-corrected chi connectivity index (χ3v) is 5.32. The summed E-state index contributed by atoms with van der Waals surface area (Å²) in [5, 5.41) is 0. The molecule has 136 valence electrons. The minimum atomic E-state index is 0. The zero-order valence-corrected chi connectivity index (χ0v) is 20.0. The molecule has 0 amide bonds. The van der Waals surface area contributed by atoms with Gasteiger partial charge in [-0.25, -0.2) is 0 Å². The molecular weight excluding hydrogens is 538 g/mol. The molecule has 0 saturated heterocycles. The van der Waals surface area contributed by atoms with Gasteiger partial charge in [-0.1, -0.05) is 83.8 Å². The van der Waals surface area contributed by atoms with Crippen molar-refractivity contribution in [2.75, 3.05) is 0 Å². The maximum atomic E-state index is 2.40. The molecule has 0 bridgehead atoms. The zero-order valence-electron chi connectivity index (χ0n) is 14.9. The number of halogens is 2. The van der Waals surface area contributed by atoms with Crippen molar-refractivity contribution >= 4 is 12.2 Å². The summed E-state index contributed by atoms with van der Waals surface area (Å²) >= 11 is 0. The monoisotopic (exact) mass is 557 g/mol. The van der Waals surface area contributed by atoms with Crippen molar-refractivity contribution in [3.63, 3.8) is 0 Å². The molecule has 3 aliphatic rings. The summed E-state index contributed by atoms with van der Waals surface area (Å²) in [7, 11) is 0. The van der Waals surface area contributed by atoms with Gasteiger partial charge in [-0.2, -0.15) is 12.2 Å². The molecule has 0 aliphatic heterocycles. The van der Waals surface area contributed by atoms with Crippen molar-refractivity contribution in [2.45, 2.75) is 19.3 Å². The number of hydrogen-bond acceptors (Lipinski definition) is 0. The van der Waals surface area contributed by atoms with Crippen molar-refractivity contribution in [3.05, 3.63) is 112 Å². The van der Waals surface area contributed by atoms with Gasteiger partial charge in [0.1, 0.15) is 0 Å². The molecule has 0 unspecified atom stereocenters. The molecular formula is C24H19Cl2Hf-3. The molecule has 0 saturated carbocycles.